The van der Waals surface area contributed by atoms with Crippen LogP contribution in [0.25, 0.3) is 0 Å². The summed E-state index contributed by atoms with van der Waals surface area (Å²) in [5.41, 5.74) is 0. The third kappa shape index (κ3) is 6.17. The second-order valence-electron chi connectivity index (χ2n) is 3.68. The van der Waals surface area contributed by atoms with Crippen LogP contribution in [-0.2, 0) is 4.79 Å². The number of rotatable bonds is 3. The second-order valence-corrected chi connectivity index (χ2v) is 3.68. The molecule has 1 fully saturated rings. The minimum absolute atomic E-state index is 0. The predicted molar refractivity (Wildman–Crippen MR) is 56.5 cm³/mol. The summed E-state index contributed by atoms with van der Waals surface area (Å²) >= 11 is 0. The lowest BCUT2D eigenvalue weighted by atomic mass is 9.97. The minimum atomic E-state index is -4.19. The molecular weight excluding hydrogens is 245 g/mol. The molecule has 0 atom stereocenters. The Morgan fingerprint density at radius 3 is 2.38 bits per heavy atom. The summed E-state index contributed by atoms with van der Waals surface area (Å²) in [6, 6.07) is 0. The molecule has 0 aliphatic carbocycles. The molecule has 3 nitrogen and oxygen atoms in total. The molecule has 0 aromatic rings. The highest BCUT2D eigenvalue weighted by molar-refractivity contribution is 5.85. The summed E-state index contributed by atoms with van der Waals surface area (Å²) in [6.45, 7) is 1.21. The van der Waals surface area contributed by atoms with Crippen molar-refractivity contribution < 1.29 is 18.0 Å². The van der Waals surface area contributed by atoms with Crippen molar-refractivity contribution in [2.75, 3.05) is 19.6 Å². The van der Waals surface area contributed by atoms with Gasteiger partial charge in [0.15, 0.2) is 0 Å². The third-order valence-corrected chi connectivity index (χ3v) is 2.42. The first-order valence-electron chi connectivity index (χ1n) is 5.04. The highest BCUT2D eigenvalue weighted by atomic mass is 35.5. The van der Waals surface area contributed by atoms with Gasteiger partial charge in [0.25, 0.3) is 0 Å². The van der Waals surface area contributed by atoms with Crippen LogP contribution < -0.4 is 10.6 Å². The van der Waals surface area contributed by atoms with Crippen LogP contribution in [0.15, 0.2) is 0 Å². The SMILES string of the molecule is Cl.O=C(NCCC(F)(F)F)C1CCNCC1. The fourth-order valence-corrected chi connectivity index (χ4v) is 1.56. The average molecular weight is 261 g/mol. The number of nitrogens with one attached hydrogen (secondary N) is 2. The number of halogens is 4. The van der Waals surface area contributed by atoms with Gasteiger partial charge in [-0.15, -0.1) is 12.4 Å². The highest BCUT2D eigenvalue weighted by Crippen LogP contribution is 2.18. The largest absolute Gasteiger partial charge is 0.390 e. The summed E-state index contributed by atoms with van der Waals surface area (Å²) < 4.78 is 35.4. The van der Waals surface area contributed by atoms with E-state index in [2.05, 4.69) is 10.6 Å². The summed E-state index contributed by atoms with van der Waals surface area (Å²) in [5, 5.41) is 5.41. The molecule has 1 amide bonds. The molecule has 1 heterocycles. The van der Waals surface area contributed by atoms with E-state index in [9.17, 15) is 18.0 Å². The molecule has 1 saturated heterocycles. The summed E-state index contributed by atoms with van der Waals surface area (Å²) in [6.07, 6.45) is -3.74. The van der Waals surface area contributed by atoms with E-state index in [0.29, 0.717) is 12.8 Å². The fraction of sp³-hybridized carbons (Fsp3) is 0.889. The van der Waals surface area contributed by atoms with E-state index in [1.807, 2.05) is 0 Å². The van der Waals surface area contributed by atoms with Gasteiger partial charge in [-0.2, -0.15) is 13.2 Å². The number of carbonyl (C=O) groups excluding carboxylic acids is 1. The third-order valence-electron chi connectivity index (χ3n) is 2.42. The van der Waals surface area contributed by atoms with Crippen LogP contribution in [0.4, 0.5) is 13.2 Å². The van der Waals surface area contributed by atoms with Crippen molar-refractivity contribution >= 4 is 18.3 Å². The molecule has 0 radical (unpaired) electrons. The summed E-state index contributed by atoms with van der Waals surface area (Å²) in [7, 11) is 0. The Labute approximate surface area is 98.6 Å². The molecule has 0 spiro atoms. The van der Waals surface area contributed by atoms with Gasteiger partial charge in [-0.05, 0) is 25.9 Å². The topological polar surface area (TPSA) is 41.1 Å². The van der Waals surface area contributed by atoms with Crippen LogP contribution in [0.3, 0.4) is 0 Å². The number of alkyl halides is 3. The van der Waals surface area contributed by atoms with Crippen LogP contribution in [-0.4, -0.2) is 31.7 Å². The fourth-order valence-electron chi connectivity index (χ4n) is 1.56. The van der Waals surface area contributed by atoms with E-state index < -0.39 is 12.6 Å². The lowest BCUT2D eigenvalue weighted by Crippen LogP contribution is -2.39. The van der Waals surface area contributed by atoms with Gasteiger partial charge in [0, 0.05) is 12.5 Å². The van der Waals surface area contributed by atoms with Crippen molar-refractivity contribution in [3.8, 4) is 0 Å². The van der Waals surface area contributed by atoms with Crippen molar-refractivity contribution in [3.63, 3.8) is 0 Å². The zero-order chi connectivity index (χ0) is 11.3. The zero-order valence-electron chi connectivity index (χ0n) is 8.77. The standard InChI is InChI=1S/C9H15F3N2O.ClH/c10-9(11,12)3-6-14-8(15)7-1-4-13-5-2-7;/h7,13H,1-6H2,(H,14,15);1H. The van der Waals surface area contributed by atoms with Gasteiger partial charge < -0.3 is 10.6 Å². The molecule has 2 N–H and O–H groups in total. The number of carbonyl (C=O) groups is 1. The maximum absolute atomic E-state index is 11.8. The first-order chi connectivity index (χ1) is 6.99. The first kappa shape index (κ1) is 15.5. The highest BCUT2D eigenvalue weighted by Gasteiger charge is 2.27. The molecule has 0 bridgehead atoms. The molecule has 1 aliphatic rings. The molecule has 1 rings (SSSR count). The summed E-state index contributed by atoms with van der Waals surface area (Å²) in [4.78, 5) is 11.4. The predicted octanol–water partition coefficient (Wildman–Crippen LogP) is 1.48. The van der Waals surface area contributed by atoms with Crippen molar-refractivity contribution in [2.45, 2.75) is 25.4 Å². The monoisotopic (exact) mass is 260 g/mol. The number of amides is 1. The normalized spacial score (nSPS) is 17.7. The van der Waals surface area contributed by atoms with E-state index in [1.165, 1.54) is 0 Å². The molecule has 7 heteroatoms. The Balaban J connectivity index is 0.00000225. The average Bonchev–Trinajstić information content (AvgIpc) is 2.17. The molecule has 1 aliphatic heterocycles. The molecule has 16 heavy (non-hydrogen) atoms. The maximum atomic E-state index is 11.8. The van der Waals surface area contributed by atoms with Gasteiger partial charge in [0.2, 0.25) is 5.91 Å². The molecule has 96 valence electrons. The lowest BCUT2D eigenvalue weighted by Gasteiger charge is -2.21. The van der Waals surface area contributed by atoms with E-state index in [0.717, 1.165) is 13.1 Å². The Kier molecular flexibility index (Phi) is 6.74. The Bertz CT molecular complexity index is 217. The molecule has 0 aromatic heterocycles. The van der Waals surface area contributed by atoms with Gasteiger partial charge in [-0.25, -0.2) is 0 Å². The van der Waals surface area contributed by atoms with Crippen molar-refractivity contribution in [3.05, 3.63) is 0 Å². The van der Waals surface area contributed by atoms with Crippen molar-refractivity contribution in [1.29, 1.82) is 0 Å². The Morgan fingerprint density at radius 2 is 1.88 bits per heavy atom. The van der Waals surface area contributed by atoms with E-state index >= 15 is 0 Å². The van der Waals surface area contributed by atoms with Crippen LogP contribution >= 0.6 is 12.4 Å². The lowest BCUT2D eigenvalue weighted by molar-refractivity contribution is -0.136. The maximum Gasteiger partial charge on any atom is 0.390 e. The number of hydrogen-bond donors (Lipinski definition) is 2. The van der Waals surface area contributed by atoms with Gasteiger partial charge in [-0.3, -0.25) is 4.79 Å². The molecule has 0 unspecified atom stereocenters. The second kappa shape index (κ2) is 6.96. The van der Waals surface area contributed by atoms with Gasteiger partial charge in [0.05, 0.1) is 6.42 Å². The smallest absolute Gasteiger partial charge is 0.356 e. The van der Waals surface area contributed by atoms with E-state index in [1.54, 1.807) is 0 Å². The van der Waals surface area contributed by atoms with Crippen LogP contribution in [0.5, 0.6) is 0 Å². The number of piperidine rings is 1. The minimum Gasteiger partial charge on any atom is -0.356 e. The van der Waals surface area contributed by atoms with Gasteiger partial charge in [0.1, 0.15) is 0 Å². The van der Waals surface area contributed by atoms with Crippen LogP contribution in [0.1, 0.15) is 19.3 Å². The van der Waals surface area contributed by atoms with Crippen molar-refractivity contribution in [2.24, 2.45) is 5.92 Å². The van der Waals surface area contributed by atoms with Crippen molar-refractivity contribution in [1.82, 2.24) is 10.6 Å². The van der Waals surface area contributed by atoms with Crippen LogP contribution in [0, 0.1) is 5.92 Å². The zero-order valence-corrected chi connectivity index (χ0v) is 9.59. The molecule has 0 saturated carbocycles. The van der Waals surface area contributed by atoms with Gasteiger partial charge >= 0.3 is 6.18 Å². The van der Waals surface area contributed by atoms with E-state index in [4.69, 9.17) is 0 Å². The Morgan fingerprint density at radius 1 is 1.31 bits per heavy atom. The van der Waals surface area contributed by atoms with Gasteiger partial charge in [-0.1, -0.05) is 0 Å². The van der Waals surface area contributed by atoms with E-state index in [-0.39, 0.29) is 30.8 Å². The number of hydrogen-bond acceptors (Lipinski definition) is 2. The quantitative estimate of drug-likeness (QED) is 0.807. The molecular formula is C9H16ClF3N2O. The Hall–Kier alpha value is -0.490. The summed E-state index contributed by atoms with van der Waals surface area (Å²) in [5.74, 6) is -0.375. The molecule has 0 aromatic carbocycles. The van der Waals surface area contributed by atoms with Crippen LogP contribution in [0.2, 0.25) is 0 Å². The first-order valence-corrected chi connectivity index (χ1v) is 5.04.